The largest absolute Gasteiger partial charge is 0.482 e. The fourth-order valence-corrected chi connectivity index (χ4v) is 3.24. The van der Waals surface area contributed by atoms with Crippen LogP contribution in [-0.2, 0) is 11.3 Å². The Bertz CT molecular complexity index is 1190. The van der Waals surface area contributed by atoms with Gasteiger partial charge in [0.1, 0.15) is 11.6 Å². The summed E-state index contributed by atoms with van der Waals surface area (Å²) in [6.45, 7) is -0.275. The van der Waals surface area contributed by atoms with Crippen molar-refractivity contribution in [1.82, 2.24) is 9.55 Å². The molecule has 0 fully saturated rings. The van der Waals surface area contributed by atoms with E-state index >= 15 is 0 Å². The van der Waals surface area contributed by atoms with Crippen molar-refractivity contribution in [2.75, 3.05) is 24.3 Å². The van der Waals surface area contributed by atoms with Gasteiger partial charge in [0.05, 0.1) is 11.6 Å². The first-order valence-electron chi connectivity index (χ1n) is 8.79. The van der Waals surface area contributed by atoms with Gasteiger partial charge in [-0.3, -0.25) is 19.1 Å². The number of anilines is 2. The van der Waals surface area contributed by atoms with Crippen LogP contribution in [0.5, 0.6) is 5.75 Å². The number of hydrogen-bond acceptors (Lipinski definition) is 5. The van der Waals surface area contributed by atoms with E-state index in [9.17, 15) is 14.4 Å². The predicted molar refractivity (Wildman–Crippen MR) is 117 cm³/mol. The van der Waals surface area contributed by atoms with Crippen LogP contribution in [0, 0.1) is 0 Å². The number of benzene rings is 2. The first-order valence-corrected chi connectivity index (χ1v) is 9.54. The van der Waals surface area contributed by atoms with Gasteiger partial charge in [-0.25, -0.2) is 4.79 Å². The van der Waals surface area contributed by atoms with Gasteiger partial charge in [-0.05, 0) is 23.8 Å². The Balaban J connectivity index is 1.84. The maximum absolute atomic E-state index is 12.6. The van der Waals surface area contributed by atoms with Crippen LogP contribution in [0.3, 0.4) is 0 Å². The number of nitrogens with two attached hydrogens (primary N) is 1. The van der Waals surface area contributed by atoms with E-state index in [0.29, 0.717) is 5.02 Å². The number of carbonyl (C=O) groups excluding carboxylic acids is 1. The molecule has 0 bridgehead atoms. The minimum absolute atomic E-state index is 0.132. The highest BCUT2D eigenvalue weighted by Crippen LogP contribution is 2.27. The molecule has 0 spiro atoms. The number of carbonyl (C=O) groups is 1. The van der Waals surface area contributed by atoms with Gasteiger partial charge in [0.2, 0.25) is 0 Å². The summed E-state index contributed by atoms with van der Waals surface area (Å²) >= 11 is 11.9. The molecule has 156 valence electrons. The number of aromatic nitrogens is 2. The normalized spacial score (nSPS) is 10.6. The SMILES string of the molecule is CN(C(=O)COc1ccc(Cl)cc1Cl)c1c(N)n(Cc2ccccc2)c(=O)[nH]c1=O. The third-order valence-corrected chi connectivity index (χ3v) is 4.88. The van der Waals surface area contributed by atoms with Crippen molar-refractivity contribution >= 4 is 40.6 Å². The average molecular weight is 449 g/mol. The number of likely N-dealkylation sites (N-methyl/N-ethyl adjacent to an activating group) is 1. The molecule has 0 saturated heterocycles. The number of rotatable bonds is 6. The van der Waals surface area contributed by atoms with E-state index in [2.05, 4.69) is 4.98 Å². The fourth-order valence-electron chi connectivity index (χ4n) is 2.78. The smallest absolute Gasteiger partial charge is 0.330 e. The number of nitrogens with zero attached hydrogens (tertiary/aromatic N) is 2. The van der Waals surface area contributed by atoms with E-state index < -0.39 is 23.8 Å². The fraction of sp³-hybridized carbons (Fsp3) is 0.150. The lowest BCUT2D eigenvalue weighted by atomic mass is 10.2. The molecule has 3 aromatic rings. The average Bonchev–Trinajstić information content (AvgIpc) is 2.70. The Labute approximate surface area is 181 Å². The van der Waals surface area contributed by atoms with Crippen LogP contribution in [0.1, 0.15) is 5.56 Å². The summed E-state index contributed by atoms with van der Waals surface area (Å²) in [7, 11) is 1.37. The summed E-state index contributed by atoms with van der Waals surface area (Å²) in [5, 5.41) is 0.669. The first-order chi connectivity index (χ1) is 14.3. The second-order valence-corrected chi connectivity index (χ2v) is 7.22. The zero-order chi connectivity index (χ0) is 21.8. The van der Waals surface area contributed by atoms with Crippen LogP contribution in [0.15, 0.2) is 58.1 Å². The Morgan fingerprint density at radius 2 is 1.87 bits per heavy atom. The van der Waals surface area contributed by atoms with Gasteiger partial charge >= 0.3 is 5.69 Å². The van der Waals surface area contributed by atoms with Gasteiger partial charge in [-0.15, -0.1) is 0 Å². The van der Waals surface area contributed by atoms with Crippen LogP contribution < -0.4 is 26.6 Å². The van der Waals surface area contributed by atoms with Crippen molar-refractivity contribution in [3.63, 3.8) is 0 Å². The molecule has 0 atom stereocenters. The molecule has 0 unspecified atom stereocenters. The molecule has 0 radical (unpaired) electrons. The number of aromatic amines is 1. The number of H-pyrrole nitrogens is 1. The number of amides is 1. The molecular weight excluding hydrogens is 431 g/mol. The lowest BCUT2D eigenvalue weighted by Gasteiger charge is -2.20. The number of nitrogens with one attached hydrogen (secondary N) is 1. The molecule has 8 nitrogen and oxygen atoms in total. The lowest BCUT2D eigenvalue weighted by Crippen LogP contribution is -2.41. The molecular formula is C20H18Cl2N4O4. The summed E-state index contributed by atoms with van der Waals surface area (Å²) in [5.74, 6) is -0.435. The van der Waals surface area contributed by atoms with E-state index in [0.717, 1.165) is 10.5 Å². The maximum atomic E-state index is 12.6. The molecule has 0 saturated carbocycles. The van der Waals surface area contributed by atoms with Gasteiger partial charge in [0.25, 0.3) is 11.5 Å². The van der Waals surface area contributed by atoms with Crippen LogP contribution in [0.4, 0.5) is 11.5 Å². The molecule has 2 aromatic carbocycles. The van der Waals surface area contributed by atoms with Gasteiger partial charge < -0.3 is 15.4 Å². The molecule has 1 aromatic heterocycles. The molecule has 1 heterocycles. The molecule has 3 N–H and O–H groups in total. The standard InChI is InChI=1S/C20H18Cl2N4O4/c1-25(16(27)11-30-15-8-7-13(21)9-14(15)22)17-18(23)26(20(29)24-19(17)28)10-12-5-3-2-4-6-12/h2-9H,10-11,23H2,1H3,(H,24,28,29). The van der Waals surface area contributed by atoms with Crippen LogP contribution in [0.2, 0.25) is 10.0 Å². The molecule has 3 rings (SSSR count). The topological polar surface area (TPSA) is 110 Å². The van der Waals surface area contributed by atoms with Gasteiger partial charge in [-0.1, -0.05) is 53.5 Å². The van der Waals surface area contributed by atoms with E-state index in [-0.39, 0.29) is 28.8 Å². The Kier molecular flexibility index (Phi) is 6.49. The minimum Gasteiger partial charge on any atom is -0.482 e. The number of halogens is 2. The molecule has 1 amide bonds. The number of hydrogen-bond donors (Lipinski definition) is 2. The van der Waals surface area contributed by atoms with E-state index in [1.807, 2.05) is 30.3 Å². The van der Waals surface area contributed by atoms with Crippen molar-refractivity contribution < 1.29 is 9.53 Å². The zero-order valence-electron chi connectivity index (χ0n) is 15.9. The summed E-state index contributed by atoms with van der Waals surface area (Å²) in [6, 6.07) is 13.7. The summed E-state index contributed by atoms with van der Waals surface area (Å²) < 4.78 is 6.61. The molecule has 30 heavy (non-hydrogen) atoms. The van der Waals surface area contributed by atoms with Crippen molar-refractivity contribution in [2.45, 2.75) is 6.54 Å². The summed E-state index contributed by atoms with van der Waals surface area (Å²) in [4.78, 5) is 40.4. The number of nitrogen functional groups attached to an aromatic ring is 1. The minimum atomic E-state index is -0.776. The quantitative estimate of drug-likeness (QED) is 0.601. The predicted octanol–water partition coefficient (Wildman–Crippen LogP) is 2.52. The van der Waals surface area contributed by atoms with Gasteiger partial charge in [0.15, 0.2) is 12.3 Å². The van der Waals surface area contributed by atoms with Crippen molar-refractivity contribution in [3.05, 3.63) is 85.0 Å². The summed E-state index contributed by atoms with van der Waals surface area (Å²) in [5.41, 5.74) is 5.30. The maximum Gasteiger partial charge on any atom is 0.330 e. The highest BCUT2D eigenvalue weighted by Gasteiger charge is 2.21. The molecule has 0 aliphatic carbocycles. The van der Waals surface area contributed by atoms with Crippen LogP contribution in [-0.4, -0.2) is 29.1 Å². The monoisotopic (exact) mass is 448 g/mol. The third kappa shape index (κ3) is 4.67. The Hall–Kier alpha value is -3.23. The first kappa shape index (κ1) is 21.5. The second-order valence-electron chi connectivity index (χ2n) is 6.38. The van der Waals surface area contributed by atoms with E-state index in [1.165, 1.54) is 23.7 Å². The highest BCUT2D eigenvalue weighted by atomic mass is 35.5. The molecule has 10 heteroatoms. The highest BCUT2D eigenvalue weighted by molar-refractivity contribution is 6.35. The Morgan fingerprint density at radius 1 is 1.17 bits per heavy atom. The van der Waals surface area contributed by atoms with Crippen LogP contribution in [0.25, 0.3) is 0 Å². The zero-order valence-corrected chi connectivity index (χ0v) is 17.4. The van der Waals surface area contributed by atoms with Crippen molar-refractivity contribution in [3.8, 4) is 5.75 Å². The van der Waals surface area contributed by atoms with E-state index in [4.69, 9.17) is 33.7 Å². The van der Waals surface area contributed by atoms with Gasteiger partial charge in [0, 0.05) is 12.1 Å². The number of ether oxygens (including phenoxy) is 1. The van der Waals surface area contributed by atoms with Gasteiger partial charge in [-0.2, -0.15) is 0 Å². The second kappa shape index (κ2) is 9.06. The third-order valence-electron chi connectivity index (χ3n) is 4.35. The van der Waals surface area contributed by atoms with Crippen molar-refractivity contribution in [2.24, 2.45) is 0 Å². The summed E-state index contributed by atoms with van der Waals surface area (Å²) in [6.07, 6.45) is 0. The Morgan fingerprint density at radius 3 is 2.53 bits per heavy atom. The van der Waals surface area contributed by atoms with E-state index in [1.54, 1.807) is 6.07 Å². The van der Waals surface area contributed by atoms with Crippen molar-refractivity contribution in [1.29, 1.82) is 0 Å². The molecule has 0 aliphatic rings. The molecule has 0 aliphatic heterocycles. The van der Waals surface area contributed by atoms with Crippen LogP contribution >= 0.6 is 23.2 Å². The lowest BCUT2D eigenvalue weighted by molar-refractivity contribution is -0.120.